The molecule has 0 spiro atoms. The van der Waals surface area contributed by atoms with Crippen molar-refractivity contribution in [1.29, 1.82) is 0 Å². The Balaban J connectivity index is 1.91. The third-order valence-electron chi connectivity index (χ3n) is 9.56. The lowest BCUT2D eigenvalue weighted by Crippen LogP contribution is -2.49. The minimum atomic E-state index is -3.19. The van der Waals surface area contributed by atoms with E-state index in [1.165, 1.54) is 179 Å². The molecule has 0 amide bonds. The Bertz CT molecular complexity index is 631. The van der Waals surface area contributed by atoms with Gasteiger partial charge in [0.25, 0.3) is 0 Å². The van der Waals surface area contributed by atoms with Crippen LogP contribution in [0.25, 0.3) is 0 Å². The lowest BCUT2D eigenvalue weighted by Gasteiger charge is -2.29. The van der Waals surface area contributed by atoms with E-state index >= 15 is 0 Å². The largest absolute Gasteiger partial charge is 0.515 e. The van der Waals surface area contributed by atoms with E-state index in [-0.39, 0.29) is 0 Å². The van der Waals surface area contributed by atoms with Crippen LogP contribution in [0, 0.1) is 5.92 Å². The molecule has 1 rings (SSSR count). The smallest absolute Gasteiger partial charge is 0.389 e. The van der Waals surface area contributed by atoms with E-state index in [0.29, 0.717) is 30.1 Å². The summed E-state index contributed by atoms with van der Waals surface area (Å²) in [5, 5.41) is 0.292. The van der Waals surface area contributed by atoms with Crippen LogP contribution in [0.3, 0.4) is 0 Å². The van der Waals surface area contributed by atoms with Crippen LogP contribution >= 0.6 is 11.8 Å². The SMILES string of the molecule is CCCCCCCCCCCCCCCC(=O)SCCC[Si]1(O)OCCC(CCCCCCCCCCCCCCC)CNO1. The van der Waals surface area contributed by atoms with Crippen LogP contribution in [0.5, 0.6) is 0 Å². The number of carbonyl (C=O) groups excluding carboxylic acids is 1. The van der Waals surface area contributed by atoms with Crippen molar-refractivity contribution in [3.05, 3.63) is 0 Å². The van der Waals surface area contributed by atoms with E-state index in [9.17, 15) is 9.59 Å². The van der Waals surface area contributed by atoms with Crippen LogP contribution in [0.15, 0.2) is 0 Å². The molecule has 0 aromatic carbocycles. The molecule has 45 heavy (non-hydrogen) atoms. The van der Waals surface area contributed by atoms with Gasteiger partial charge in [0, 0.05) is 31.4 Å². The maximum absolute atomic E-state index is 12.3. The topological polar surface area (TPSA) is 67.8 Å². The highest BCUT2D eigenvalue weighted by Gasteiger charge is 2.38. The van der Waals surface area contributed by atoms with Crippen LogP contribution in [-0.4, -0.2) is 37.6 Å². The molecular formula is C38H77NO4SSi. The Morgan fingerprint density at radius 2 is 1.11 bits per heavy atom. The minimum absolute atomic E-state index is 0.292. The summed E-state index contributed by atoms with van der Waals surface area (Å²) in [5.41, 5.74) is 3.06. The molecule has 268 valence electrons. The standard InChI is InChI=1S/C38H77NO4SSi/c1-3-5-7-9-11-13-15-17-19-21-23-25-27-30-37-32-33-42-45(41,43-39-36-37)35-29-34-44-38(40)31-28-26-24-22-20-18-16-14-12-10-8-6-4-2/h37,39,41H,3-36H2,1-2H3. The molecule has 0 aromatic rings. The fraction of sp³-hybridized carbons (Fsp3) is 0.974. The Hall–Kier alpha value is 0.0769. The quantitative estimate of drug-likeness (QED) is 0.0548. The second-order valence-electron chi connectivity index (χ2n) is 14.0. The Morgan fingerprint density at radius 3 is 1.60 bits per heavy atom. The average Bonchev–Trinajstić information content (AvgIpc) is 3.02. The Labute approximate surface area is 286 Å². The van der Waals surface area contributed by atoms with Gasteiger partial charge in [-0.05, 0) is 31.6 Å². The van der Waals surface area contributed by atoms with E-state index in [0.717, 1.165) is 31.6 Å². The molecule has 0 aromatic heterocycles. The minimum Gasteiger partial charge on any atom is -0.389 e. The molecule has 1 heterocycles. The van der Waals surface area contributed by atoms with Crippen molar-refractivity contribution < 1.29 is 18.5 Å². The fourth-order valence-corrected chi connectivity index (χ4v) is 9.19. The summed E-state index contributed by atoms with van der Waals surface area (Å²) in [5.74, 6) is 1.29. The van der Waals surface area contributed by atoms with Gasteiger partial charge in [-0.15, -0.1) is 0 Å². The van der Waals surface area contributed by atoms with Crippen LogP contribution in [0.1, 0.15) is 206 Å². The van der Waals surface area contributed by atoms with Crippen LogP contribution in [0.4, 0.5) is 0 Å². The van der Waals surface area contributed by atoms with Gasteiger partial charge in [-0.3, -0.25) is 9.32 Å². The summed E-state index contributed by atoms with van der Waals surface area (Å²) in [6.45, 7) is 5.94. The second-order valence-corrected chi connectivity index (χ2v) is 17.6. The molecule has 2 unspecified atom stereocenters. The number of hydrogen-bond donors (Lipinski definition) is 2. The number of unbranched alkanes of at least 4 members (excludes halogenated alkanes) is 24. The van der Waals surface area contributed by atoms with Crippen LogP contribution < -0.4 is 5.48 Å². The first-order valence-electron chi connectivity index (χ1n) is 20.0. The van der Waals surface area contributed by atoms with Gasteiger partial charge in [-0.2, -0.15) is 0 Å². The molecule has 1 aliphatic rings. The first kappa shape index (κ1) is 43.1. The van der Waals surface area contributed by atoms with Gasteiger partial charge in [-0.1, -0.05) is 186 Å². The van der Waals surface area contributed by atoms with Gasteiger partial charge < -0.3 is 9.22 Å². The number of carbonyl (C=O) groups is 1. The normalized spacial score (nSPS) is 19.0. The molecule has 0 bridgehead atoms. The predicted molar refractivity (Wildman–Crippen MR) is 199 cm³/mol. The highest BCUT2D eigenvalue weighted by atomic mass is 32.2. The molecular weight excluding hydrogens is 595 g/mol. The summed E-state index contributed by atoms with van der Waals surface area (Å²) >= 11 is 1.42. The van der Waals surface area contributed by atoms with Crippen molar-refractivity contribution in [2.24, 2.45) is 5.92 Å². The van der Waals surface area contributed by atoms with Crippen molar-refractivity contribution >= 4 is 25.7 Å². The number of nitrogens with one attached hydrogen (secondary N) is 1. The van der Waals surface area contributed by atoms with Gasteiger partial charge in [0.05, 0.1) is 0 Å². The lowest BCUT2D eigenvalue weighted by atomic mass is 9.97. The van der Waals surface area contributed by atoms with Crippen molar-refractivity contribution in [3.63, 3.8) is 0 Å². The van der Waals surface area contributed by atoms with Crippen molar-refractivity contribution in [2.45, 2.75) is 213 Å². The monoisotopic (exact) mass is 672 g/mol. The summed E-state index contributed by atoms with van der Waals surface area (Å²) in [6.07, 6.45) is 38.9. The highest BCUT2D eigenvalue weighted by Crippen LogP contribution is 2.22. The molecule has 1 fully saturated rings. The first-order chi connectivity index (χ1) is 22.1. The van der Waals surface area contributed by atoms with Gasteiger partial charge >= 0.3 is 8.80 Å². The Kier molecular flexibility index (Phi) is 31.2. The van der Waals surface area contributed by atoms with Crippen molar-refractivity contribution in [2.75, 3.05) is 18.9 Å². The van der Waals surface area contributed by atoms with E-state index in [4.69, 9.17) is 8.95 Å². The second kappa shape index (κ2) is 32.6. The number of hydrogen-bond acceptors (Lipinski definition) is 6. The summed E-state index contributed by atoms with van der Waals surface area (Å²) in [4.78, 5) is 23.2. The van der Waals surface area contributed by atoms with Crippen molar-refractivity contribution in [3.8, 4) is 0 Å². The molecule has 0 radical (unpaired) electrons. The average molecular weight is 672 g/mol. The number of rotatable bonds is 32. The third-order valence-corrected chi connectivity index (χ3v) is 12.7. The number of thioether (sulfide) groups is 1. The van der Waals surface area contributed by atoms with Gasteiger partial charge in [-0.25, -0.2) is 5.48 Å². The zero-order valence-corrected chi connectivity index (χ0v) is 32.0. The van der Waals surface area contributed by atoms with E-state index in [1.807, 2.05) is 0 Å². The van der Waals surface area contributed by atoms with Gasteiger partial charge in [0.1, 0.15) is 0 Å². The molecule has 5 nitrogen and oxygen atoms in total. The summed E-state index contributed by atoms with van der Waals surface area (Å²) in [7, 11) is -3.19. The zero-order chi connectivity index (χ0) is 32.5. The maximum atomic E-state index is 12.3. The van der Waals surface area contributed by atoms with E-state index in [1.54, 1.807) is 0 Å². The summed E-state index contributed by atoms with van der Waals surface area (Å²) in [6, 6.07) is 0.516. The molecule has 2 N–H and O–H groups in total. The highest BCUT2D eigenvalue weighted by molar-refractivity contribution is 8.13. The third kappa shape index (κ3) is 28.8. The predicted octanol–water partition coefficient (Wildman–Crippen LogP) is 12.1. The molecule has 1 saturated heterocycles. The van der Waals surface area contributed by atoms with Crippen LogP contribution in [0.2, 0.25) is 6.04 Å². The molecule has 7 heteroatoms. The lowest BCUT2D eigenvalue weighted by molar-refractivity contribution is -0.111. The number of hydroxylamine groups is 1. The van der Waals surface area contributed by atoms with E-state index in [2.05, 4.69) is 19.3 Å². The van der Waals surface area contributed by atoms with Crippen molar-refractivity contribution in [1.82, 2.24) is 5.48 Å². The zero-order valence-electron chi connectivity index (χ0n) is 30.2. The first-order valence-corrected chi connectivity index (χ1v) is 23.0. The summed E-state index contributed by atoms with van der Waals surface area (Å²) < 4.78 is 11.6. The van der Waals surface area contributed by atoms with Gasteiger partial charge in [0.15, 0.2) is 5.12 Å². The molecule has 1 aliphatic heterocycles. The van der Waals surface area contributed by atoms with Gasteiger partial charge in [0.2, 0.25) is 0 Å². The van der Waals surface area contributed by atoms with E-state index < -0.39 is 8.80 Å². The van der Waals surface area contributed by atoms with Crippen LogP contribution in [-0.2, 0) is 13.7 Å². The molecule has 0 aliphatic carbocycles. The Morgan fingerprint density at radius 1 is 0.667 bits per heavy atom. The molecule has 2 atom stereocenters. The maximum Gasteiger partial charge on any atom is 0.515 e. The fourth-order valence-electron chi connectivity index (χ4n) is 6.45. The molecule has 0 saturated carbocycles.